The van der Waals surface area contributed by atoms with E-state index in [2.05, 4.69) is 10.3 Å². The summed E-state index contributed by atoms with van der Waals surface area (Å²) in [6.07, 6.45) is 3.53. The summed E-state index contributed by atoms with van der Waals surface area (Å²) in [5.74, 6) is 1.53. The Morgan fingerprint density at radius 3 is 2.74 bits per heavy atom. The number of aromatic nitrogens is 1. The Bertz CT molecular complexity index is 482. The molecule has 100 valence electrons. The van der Waals surface area contributed by atoms with Crippen molar-refractivity contribution in [3.8, 4) is 11.5 Å². The highest BCUT2D eigenvalue weighted by molar-refractivity contribution is 5.34. The predicted molar refractivity (Wildman–Crippen MR) is 74.2 cm³/mol. The molecule has 0 unspecified atom stereocenters. The number of ether oxygens (including phenoxy) is 2. The van der Waals surface area contributed by atoms with Crippen LogP contribution in [0.5, 0.6) is 11.5 Å². The molecule has 0 spiro atoms. The van der Waals surface area contributed by atoms with Crippen molar-refractivity contribution in [2.24, 2.45) is 0 Å². The van der Waals surface area contributed by atoms with Gasteiger partial charge >= 0.3 is 0 Å². The largest absolute Gasteiger partial charge is 0.456 e. The molecule has 0 fully saturated rings. The molecule has 1 heterocycles. The zero-order valence-corrected chi connectivity index (χ0v) is 11.2. The van der Waals surface area contributed by atoms with Crippen LogP contribution in [0.4, 0.5) is 0 Å². The van der Waals surface area contributed by atoms with E-state index in [1.54, 1.807) is 13.3 Å². The zero-order chi connectivity index (χ0) is 13.5. The molecule has 2 aromatic rings. The Morgan fingerprint density at radius 2 is 1.95 bits per heavy atom. The molecule has 0 saturated carbocycles. The molecular formula is C15H18N2O2. The maximum absolute atomic E-state index is 5.81. The summed E-state index contributed by atoms with van der Waals surface area (Å²) in [6, 6.07) is 9.82. The van der Waals surface area contributed by atoms with Gasteiger partial charge in [0.15, 0.2) is 0 Å². The second kappa shape index (κ2) is 6.87. The van der Waals surface area contributed by atoms with E-state index >= 15 is 0 Å². The lowest BCUT2D eigenvalue weighted by Crippen LogP contribution is -2.05. The van der Waals surface area contributed by atoms with Gasteiger partial charge in [0.05, 0.1) is 12.8 Å². The van der Waals surface area contributed by atoms with E-state index in [4.69, 9.17) is 9.47 Å². The monoisotopic (exact) mass is 258 g/mol. The third kappa shape index (κ3) is 4.05. The predicted octanol–water partition coefficient (Wildman–Crippen LogP) is 2.74. The number of pyridine rings is 1. The van der Waals surface area contributed by atoms with Crippen LogP contribution in [0.1, 0.15) is 11.1 Å². The average Bonchev–Trinajstić information content (AvgIpc) is 2.40. The minimum Gasteiger partial charge on any atom is -0.456 e. The first-order valence-corrected chi connectivity index (χ1v) is 6.16. The highest BCUT2D eigenvalue weighted by atomic mass is 16.5. The summed E-state index contributed by atoms with van der Waals surface area (Å²) < 4.78 is 10.9. The van der Waals surface area contributed by atoms with E-state index in [1.807, 2.05) is 43.6 Å². The molecule has 1 N–H and O–H groups in total. The number of methoxy groups -OCH3 is 1. The number of rotatable bonds is 6. The van der Waals surface area contributed by atoms with E-state index in [-0.39, 0.29) is 0 Å². The topological polar surface area (TPSA) is 43.4 Å². The van der Waals surface area contributed by atoms with Crippen molar-refractivity contribution in [2.75, 3.05) is 14.2 Å². The maximum atomic E-state index is 5.81. The van der Waals surface area contributed by atoms with Crippen LogP contribution < -0.4 is 10.1 Å². The molecular weight excluding hydrogens is 240 g/mol. The summed E-state index contributed by atoms with van der Waals surface area (Å²) in [4.78, 5) is 4.17. The third-order valence-corrected chi connectivity index (χ3v) is 2.60. The molecule has 4 nitrogen and oxygen atoms in total. The average molecular weight is 258 g/mol. The summed E-state index contributed by atoms with van der Waals surface area (Å²) in [5, 5.41) is 3.09. The Hall–Kier alpha value is -1.91. The minimum absolute atomic E-state index is 0.579. The third-order valence-electron chi connectivity index (χ3n) is 2.60. The molecule has 0 bridgehead atoms. The van der Waals surface area contributed by atoms with Crippen molar-refractivity contribution >= 4 is 0 Å². The van der Waals surface area contributed by atoms with E-state index in [1.165, 1.54) is 0 Å². The molecule has 0 aliphatic rings. The normalized spacial score (nSPS) is 10.4. The molecule has 0 aliphatic carbocycles. The van der Waals surface area contributed by atoms with Crippen molar-refractivity contribution in [1.29, 1.82) is 0 Å². The van der Waals surface area contributed by atoms with Gasteiger partial charge in [0.1, 0.15) is 11.5 Å². The molecule has 19 heavy (non-hydrogen) atoms. The Balaban J connectivity index is 2.11. The summed E-state index contributed by atoms with van der Waals surface area (Å²) in [5.41, 5.74) is 2.17. The molecule has 4 heteroatoms. The van der Waals surface area contributed by atoms with Crippen LogP contribution in [-0.2, 0) is 17.9 Å². The van der Waals surface area contributed by atoms with Crippen LogP contribution >= 0.6 is 0 Å². The van der Waals surface area contributed by atoms with Crippen molar-refractivity contribution in [3.05, 3.63) is 53.9 Å². The fraction of sp³-hybridized carbons (Fsp3) is 0.267. The van der Waals surface area contributed by atoms with Crippen LogP contribution in [-0.4, -0.2) is 19.1 Å². The Kier molecular flexibility index (Phi) is 4.89. The fourth-order valence-corrected chi connectivity index (χ4v) is 1.82. The van der Waals surface area contributed by atoms with Gasteiger partial charge in [0.25, 0.3) is 0 Å². The van der Waals surface area contributed by atoms with Gasteiger partial charge in [-0.1, -0.05) is 12.1 Å². The summed E-state index contributed by atoms with van der Waals surface area (Å²) >= 11 is 0. The first-order chi connectivity index (χ1) is 9.31. The SMILES string of the molecule is CNCc1cncc(Oc2cccc(COC)c2)c1. The van der Waals surface area contributed by atoms with Gasteiger partial charge < -0.3 is 14.8 Å². The van der Waals surface area contributed by atoms with E-state index in [9.17, 15) is 0 Å². The van der Waals surface area contributed by atoms with Crippen LogP contribution in [0.2, 0.25) is 0 Å². The van der Waals surface area contributed by atoms with Crippen LogP contribution in [0.3, 0.4) is 0 Å². The molecule has 1 aromatic heterocycles. The molecule has 0 radical (unpaired) electrons. The second-order valence-electron chi connectivity index (χ2n) is 4.24. The fourth-order valence-electron chi connectivity index (χ4n) is 1.82. The molecule has 2 rings (SSSR count). The second-order valence-corrected chi connectivity index (χ2v) is 4.24. The maximum Gasteiger partial charge on any atom is 0.146 e. The van der Waals surface area contributed by atoms with Crippen molar-refractivity contribution in [1.82, 2.24) is 10.3 Å². The number of hydrogen-bond acceptors (Lipinski definition) is 4. The molecule has 1 aromatic carbocycles. The van der Waals surface area contributed by atoms with Gasteiger partial charge in [-0.2, -0.15) is 0 Å². The van der Waals surface area contributed by atoms with Crippen molar-refractivity contribution < 1.29 is 9.47 Å². The van der Waals surface area contributed by atoms with E-state index in [0.717, 1.165) is 29.2 Å². The Morgan fingerprint density at radius 1 is 1.11 bits per heavy atom. The minimum atomic E-state index is 0.579. The van der Waals surface area contributed by atoms with Crippen molar-refractivity contribution in [2.45, 2.75) is 13.2 Å². The molecule has 0 atom stereocenters. The van der Waals surface area contributed by atoms with Crippen LogP contribution in [0.15, 0.2) is 42.7 Å². The quantitative estimate of drug-likeness (QED) is 0.865. The van der Waals surface area contributed by atoms with Gasteiger partial charge in [0, 0.05) is 19.9 Å². The first-order valence-electron chi connectivity index (χ1n) is 6.16. The van der Waals surface area contributed by atoms with Gasteiger partial charge in [-0.05, 0) is 36.4 Å². The van der Waals surface area contributed by atoms with E-state index in [0.29, 0.717) is 6.61 Å². The summed E-state index contributed by atoms with van der Waals surface area (Å²) in [6.45, 7) is 1.35. The highest BCUT2D eigenvalue weighted by Gasteiger charge is 2.01. The van der Waals surface area contributed by atoms with Gasteiger partial charge in [-0.25, -0.2) is 0 Å². The highest BCUT2D eigenvalue weighted by Crippen LogP contribution is 2.22. The van der Waals surface area contributed by atoms with Gasteiger partial charge in [-0.15, -0.1) is 0 Å². The number of hydrogen-bond donors (Lipinski definition) is 1. The van der Waals surface area contributed by atoms with Crippen LogP contribution in [0.25, 0.3) is 0 Å². The zero-order valence-electron chi connectivity index (χ0n) is 11.2. The number of benzene rings is 1. The lowest BCUT2D eigenvalue weighted by atomic mass is 10.2. The van der Waals surface area contributed by atoms with Crippen LogP contribution in [0, 0.1) is 0 Å². The standard InChI is InChI=1S/C15H18N2O2/c1-16-8-13-7-15(10-17-9-13)19-14-5-3-4-12(6-14)11-18-2/h3-7,9-10,16H,8,11H2,1-2H3. The lowest BCUT2D eigenvalue weighted by Gasteiger charge is -2.08. The molecule has 0 amide bonds. The summed E-state index contributed by atoms with van der Waals surface area (Å²) in [7, 11) is 3.58. The number of nitrogens with zero attached hydrogens (tertiary/aromatic N) is 1. The smallest absolute Gasteiger partial charge is 0.146 e. The molecule has 0 saturated heterocycles. The van der Waals surface area contributed by atoms with E-state index < -0.39 is 0 Å². The molecule has 0 aliphatic heterocycles. The van der Waals surface area contributed by atoms with Crippen molar-refractivity contribution in [3.63, 3.8) is 0 Å². The van der Waals surface area contributed by atoms with Gasteiger partial charge in [-0.3, -0.25) is 4.98 Å². The van der Waals surface area contributed by atoms with Gasteiger partial charge in [0.2, 0.25) is 0 Å². The number of nitrogens with one attached hydrogen (secondary N) is 1. The Labute approximate surface area is 113 Å². The first kappa shape index (κ1) is 13.5. The lowest BCUT2D eigenvalue weighted by molar-refractivity contribution is 0.184.